The summed E-state index contributed by atoms with van der Waals surface area (Å²) in [6.07, 6.45) is -3.21. The number of hydrogen-bond acceptors (Lipinski definition) is 5. The number of rotatable bonds is 7. The highest BCUT2D eigenvalue weighted by molar-refractivity contribution is 7.89. The van der Waals surface area contributed by atoms with Gasteiger partial charge in [-0.1, -0.05) is 35.3 Å². The zero-order chi connectivity index (χ0) is 26.3. The molecule has 36 heavy (non-hydrogen) atoms. The normalized spacial score (nSPS) is 17.1. The SMILES string of the molecule is COC[C@@H]1CCCN1S(=O)(=O)c1ccc(Cl)c(COc2cccc3c(C(F)(F)F)cc(C)nc23)c1Cl. The molecule has 3 aromatic rings. The van der Waals surface area contributed by atoms with Crippen LogP contribution in [0.25, 0.3) is 10.9 Å². The lowest BCUT2D eigenvalue weighted by atomic mass is 10.1. The quantitative estimate of drug-likeness (QED) is 0.340. The van der Waals surface area contributed by atoms with Gasteiger partial charge in [0.1, 0.15) is 22.8 Å². The lowest BCUT2D eigenvalue weighted by Crippen LogP contribution is -2.38. The summed E-state index contributed by atoms with van der Waals surface area (Å²) in [5, 5.41) is -0.0579. The number of pyridine rings is 1. The molecule has 1 aliphatic rings. The highest BCUT2D eigenvalue weighted by Gasteiger charge is 2.37. The van der Waals surface area contributed by atoms with Gasteiger partial charge in [0.05, 0.1) is 17.2 Å². The maximum Gasteiger partial charge on any atom is 0.417 e. The molecule has 0 radical (unpaired) electrons. The Morgan fingerprint density at radius 2 is 1.94 bits per heavy atom. The first-order chi connectivity index (χ1) is 16.9. The summed E-state index contributed by atoms with van der Waals surface area (Å²) < 4.78 is 79.9. The number of ether oxygens (including phenoxy) is 2. The maximum atomic E-state index is 13.6. The van der Waals surface area contributed by atoms with E-state index in [4.69, 9.17) is 32.7 Å². The van der Waals surface area contributed by atoms with Crippen molar-refractivity contribution in [3.8, 4) is 5.75 Å². The van der Waals surface area contributed by atoms with E-state index in [1.165, 1.54) is 48.7 Å². The molecule has 1 aromatic heterocycles. The Hall–Kier alpha value is -2.11. The van der Waals surface area contributed by atoms with Crippen LogP contribution in [0.4, 0.5) is 13.2 Å². The number of hydrogen-bond donors (Lipinski definition) is 0. The summed E-state index contributed by atoms with van der Waals surface area (Å²) in [6.45, 7) is 1.78. The number of halogens is 5. The molecule has 6 nitrogen and oxygen atoms in total. The van der Waals surface area contributed by atoms with Crippen LogP contribution in [0, 0.1) is 6.92 Å². The van der Waals surface area contributed by atoms with Crippen molar-refractivity contribution in [2.75, 3.05) is 20.3 Å². The fourth-order valence-corrected chi connectivity index (χ4v) is 6.91. The predicted octanol–water partition coefficient (Wildman–Crippen LogP) is 6.25. The topological polar surface area (TPSA) is 68.7 Å². The molecule has 0 saturated carbocycles. The maximum absolute atomic E-state index is 13.6. The molecule has 0 bridgehead atoms. The Bertz CT molecular complexity index is 1400. The largest absolute Gasteiger partial charge is 0.487 e. The average molecular weight is 563 g/mol. The molecule has 12 heteroatoms. The van der Waals surface area contributed by atoms with E-state index in [1.54, 1.807) is 0 Å². The van der Waals surface area contributed by atoms with Gasteiger partial charge in [-0.05, 0) is 44.0 Å². The second kappa shape index (κ2) is 10.3. The molecule has 1 fully saturated rings. The average Bonchev–Trinajstić information content (AvgIpc) is 3.27. The summed E-state index contributed by atoms with van der Waals surface area (Å²) in [6, 6.07) is 7.64. The first kappa shape index (κ1) is 26.9. The van der Waals surface area contributed by atoms with Gasteiger partial charge in [-0.15, -0.1) is 0 Å². The van der Waals surface area contributed by atoms with E-state index < -0.39 is 21.8 Å². The van der Waals surface area contributed by atoms with Crippen molar-refractivity contribution in [2.45, 2.75) is 43.5 Å². The van der Waals surface area contributed by atoms with Gasteiger partial charge in [0.2, 0.25) is 10.0 Å². The molecular weight excluding hydrogens is 540 g/mol. The second-order valence-corrected chi connectivity index (χ2v) is 11.1. The van der Waals surface area contributed by atoms with Gasteiger partial charge >= 0.3 is 6.18 Å². The van der Waals surface area contributed by atoms with Crippen LogP contribution in [0.2, 0.25) is 10.0 Å². The van der Waals surface area contributed by atoms with Gasteiger partial charge in [-0.3, -0.25) is 0 Å². The number of aryl methyl sites for hydroxylation is 1. The Balaban J connectivity index is 1.69. The molecule has 2 heterocycles. The third kappa shape index (κ3) is 5.15. The van der Waals surface area contributed by atoms with Crippen molar-refractivity contribution in [2.24, 2.45) is 0 Å². The molecule has 4 rings (SSSR count). The van der Waals surface area contributed by atoms with Crippen molar-refractivity contribution in [3.63, 3.8) is 0 Å². The molecule has 1 atom stereocenters. The Kier molecular flexibility index (Phi) is 7.73. The molecule has 0 spiro atoms. The molecule has 0 N–H and O–H groups in total. The van der Waals surface area contributed by atoms with Crippen molar-refractivity contribution in [3.05, 3.63) is 63.3 Å². The smallest absolute Gasteiger partial charge is 0.417 e. The van der Waals surface area contributed by atoms with Crippen molar-refractivity contribution in [1.82, 2.24) is 9.29 Å². The highest BCUT2D eigenvalue weighted by Crippen LogP contribution is 2.39. The van der Waals surface area contributed by atoms with E-state index in [0.717, 1.165) is 6.07 Å². The van der Waals surface area contributed by atoms with Gasteiger partial charge in [-0.2, -0.15) is 17.5 Å². The van der Waals surface area contributed by atoms with Gasteiger partial charge in [0, 0.05) is 41.4 Å². The number of sulfonamides is 1. The lowest BCUT2D eigenvalue weighted by molar-refractivity contribution is -0.136. The molecule has 1 saturated heterocycles. The van der Waals surface area contributed by atoms with Gasteiger partial charge in [0.15, 0.2) is 0 Å². The van der Waals surface area contributed by atoms with Crippen LogP contribution >= 0.6 is 23.2 Å². The lowest BCUT2D eigenvalue weighted by Gasteiger charge is -2.24. The number of aromatic nitrogens is 1. The highest BCUT2D eigenvalue weighted by atomic mass is 35.5. The molecule has 0 unspecified atom stereocenters. The van der Waals surface area contributed by atoms with Crippen LogP contribution in [0.1, 0.15) is 29.7 Å². The van der Waals surface area contributed by atoms with Crippen molar-refractivity contribution >= 4 is 44.1 Å². The third-order valence-electron chi connectivity index (χ3n) is 6.03. The first-order valence-corrected chi connectivity index (χ1v) is 13.2. The zero-order valence-corrected chi connectivity index (χ0v) is 21.7. The summed E-state index contributed by atoms with van der Waals surface area (Å²) >= 11 is 12.9. The van der Waals surface area contributed by atoms with Crippen LogP contribution in [-0.4, -0.2) is 44.0 Å². The van der Waals surface area contributed by atoms with Crippen molar-refractivity contribution in [1.29, 1.82) is 0 Å². The van der Waals surface area contributed by atoms with E-state index in [9.17, 15) is 21.6 Å². The van der Waals surface area contributed by atoms with Crippen LogP contribution in [0.15, 0.2) is 41.3 Å². The van der Waals surface area contributed by atoms with Crippen LogP contribution in [0.5, 0.6) is 5.75 Å². The summed E-state index contributed by atoms with van der Waals surface area (Å²) in [5.41, 5.74) is -0.426. The summed E-state index contributed by atoms with van der Waals surface area (Å²) in [5.74, 6) is 0.0850. The summed E-state index contributed by atoms with van der Waals surface area (Å²) in [4.78, 5) is 4.11. The Labute approximate surface area is 217 Å². The van der Waals surface area contributed by atoms with E-state index >= 15 is 0 Å². The number of nitrogens with zero attached hydrogens (tertiary/aromatic N) is 2. The van der Waals surface area contributed by atoms with E-state index in [2.05, 4.69) is 4.98 Å². The first-order valence-electron chi connectivity index (χ1n) is 11.0. The van der Waals surface area contributed by atoms with Gasteiger partial charge < -0.3 is 9.47 Å². The minimum Gasteiger partial charge on any atom is -0.487 e. The number of para-hydroxylation sites is 1. The zero-order valence-electron chi connectivity index (χ0n) is 19.4. The molecule has 0 amide bonds. The van der Waals surface area contributed by atoms with Gasteiger partial charge in [0.25, 0.3) is 0 Å². The van der Waals surface area contributed by atoms with Crippen LogP contribution < -0.4 is 4.74 Å². The molecule has 194 valence electrons. The Morgan fingerprint density at radius 1 is 1.19 bits per heavy atom. The third-order valence-corrected chi connectivity index (χ3v) is 8.92. The standard InChI is InChI=1S/C24H23Cl2F3N2O4S/c1-14-11-18(24(27,28)29)16-6-3-7-20(23(16)30-14)35-13-17-19(25)8-9-21(22(17)26)36(32,33)31-10-4-5-15(31)12-34-2/h3,6-9,11,15H,4-5,10,12-13H2,1-2H3/t15-/m0/s1. The molecule has 2 aromatic carbocycles. The number of fused-ring (bicyclic) bond motifs is 1. The number of alkyl halides is 3. The van der Waals surface area contributed by atoms with E-state index in [1.807, 2.05) is 0 Å². The van der Waals surface area contributed by atoms with Crippen molar-refractivity contribution < 1.29 is 31.1 Å². The number of methoxy groups -OCH3 is 1. The number of benzene rings is 2. The molecule has 1 aliphatic heterocycles. The fraction of sp³-hybridized carbons (Fsp3) is 0.375. The summed E-state index contributed by atoms with van der Waals surface area (Å²) in [7, 11) is -2.45. The fourth-order valence-electron chi connectivity index (χ4n) is 4.37. The monoisotopic (exact) mass is 562 g/mol. The van der Waals surface area contributed by atoms with Crippen LogP contribution in [0.3, 0.4) is 0 Å². The minimum atomic E-state index is -4.57. The second-order valence-electron chi connectivity index (χ2n) is 8.46. The van der Waals surface area contributed by atoms with E-state index in [0.29, 0.717) is 19.4 Å². The Morgan fingerprint density at radius 3 is 2.64 bits per heavy atom. The van der Waals surface area contributed by atoms with Crippen LogP contribution in [-0.2, 0) is 27.5 Å². The molecule has 0 aliphatic carbocycles. The van der Waals surface area contributed by atoms with Gasteiger partial charge in [-0.25, -0.2) is 13.4 Å². The predicted molar refractivity (Wildman–Crippen MR) is 131 cm³/mol. The minimum absolute atomic E-state index is 0.0281. The van der Waals surface area contributed by atoms with E-state index in [-0.39, 0.29) is 62.1 Å². The molecular formula is C24H23Cl2F3N2O4S.